The van der Waals surface area contributed by atoms with Crippen molar-refractivity contribution in [1.29, 1.82) is 0 Å². The second-order valence-corrected chi connectivity index (χ2v) is 8.26. The molecule has 7 nitrogen and oxygen atoms in total. The Kier molecular flexibility index (Phi) is 4.99. The fourth-order valence-corrected chi connectivity index (χ4v) is 3.88. The van der Waals surface area contributed by atoms with Gasteiger partial charge in [0, 0.05) is 19.8 Å². The van der Waals surface area contributed by atoms with Crippen LogP contribution in [0.4, 0.5) is 0 Å². The van der Waals surface area contributed by atoms with Gasteiger partial charge in [0.25, 0.3) is 0 Å². The van der Waals surface area contributed by atoms with Gasteiger partial charge in [-0.2, -0.15) is 0 Å². The highest BCUT2D eigenvalue weighted by Crippen LogP contribution is 2.17. The zero-order chi connectivity index (χ0) is 15.5. The molecule has 0 atom stereocenters. The fourth-order valence-electron chi connectivity index (χ4n) is 2.08. The fraction of sp³-hybridized carbons (Fsp3) is 0.500. The normalized spacial score (nSPS) is 17.8. The van der Waals surface area contributed by atoms with Crippen LogP contribution >= 0.6 is 0 Å². The van der Waals surface area contributed by atoms with Crippen LogP contribution in [0.5, 0.6) is 0 Å². The first-order valence-electron chi connectivity index (χ1n) is 6.49. The molecule has 1 aromatic rings. The van der Waals surface area contributed by atoms with E-state index in [1.165, 1.54) is 18.2 Å². The highest BCUT2D eigenvalue weighted by atomic mass is 32.2. The quantitative estimate of drug-likeness (QED) is 0.789. The number of hydrogen-bond acceptors (Lipinski definition) is 5. The summed E-state index contributed by atoms with van der Waals surface area (Å²) in [6.07, 6.45) is 1.61. The van der Waals surface area contributed by atoms with Crippen molar-refractivity contribution in [3.8, 4) is 0 Å². The number of primary sulfonamides is 1. The maximum absolute atomic E-state index is 12.2. The lowest BCUT2D eigenvalue weighted by atomic mass is 10.0. The molecule has 0 amide bonds. The van der Waals surface area contributed by atoms with E-state index >= 15 is 0 Å². The zero-order valence-electron chi connectivity index (χ0n) is 11.4. The third kappa shape index (κ3) is 4.48. The van der Waals surface area contributed by atoms with Crippen molar-refractivity contribution < 1.29 is 21.6 Å². The van der Waals surface area contributed by atoms with E-state index in [1.54, 1.807) is 0 Å². The number of ether oxygens (including phenoxy) is 1. The summed E-state index contributed by atoms with van der Waals surface area (Å²) in [6.45, 7) is 1.58. The van der Waals surface area contributed by atoms with Gasteiger partial charge in [0.05, 0.1) is 9.79 Å². The molecule has 0 aromatic heterocycles. The molecule has 2 rings (SSSR count). The van der Waals surface area contributed by atoms with Gasteiger partial charge >= 0.3 is 0 Å². The maximum Gasteiger partial charge on any atom is 0.240 e. The number of nitrogens with two attached hydrogens (primary N) is 1. The van der Waals surface area contributed by atoms with E-state index in [4.69, 9.17) is 9.88 Å². The summed E-state index contributed by atoms with van der Waals surface area (Å²) in [7, 11) is -7.68. The molecule has 0 unspecified atom stereocenters. The van der Waals surface area contributed by atoms with Crippen LogP contribution in [0.2, 0.25) is 0 Å². The molecule has 0 saturated carbocycles. The van der Waals surface area contributed by atoms with Gasteiger partial charge in [-0.1, -0.05) is 6.07 Å². The molecule has 0 spiro atoms. The van der Waals surface area contributed by atoms with E-state index in [-0.39, 0.29) is 15.7 Å². The van der Waals surface area contributed by atoms with Crippen LogP contribution in [-0.2, 0) is 24.8 Å². The average Bonchev–Trinajstić information content (AvgIpc) is 2.46. The van der Waals surface area contributed by atoms with Crippen molar-refractivity contribution in [1.82, 2.24) is 4.72 Å². The van der Waals surface area contributed by atoms with Gasteiger partial charge in [-0.3, -0.25) is 0 Å². The van der Waals surface area contributed by atoms with Gasteiger partial charge in [-0.05, 0) is 37.0 Å². The molecule has 9 heteroatoms. The summed E-state index contributed by atoms with van der Waals surface area (Å²) >= 11 is 0. The van der Waals surface area contributed by atoms with Crippen molar-refractivity contribution in [3.63, 3.8) is 0 Å². The Bertz CT molecular complexity index is 694. The first-order chi connectivity index (χ1) is 9.79. The third-order valence-electron chi connectivity index (χ3n) is 3.35. The summed E-state index contributed by atoms with van der Waals surface area (Å²) in [4.78, 5) is -0.336. The number of hydrogen-bond donors (Lipinski definition) is 2. The molecule has 0 bridgehead atoms. The molecule has 1 saturated heterocycles. The molecule has 118 valence electrons. The Morgan fingerprint density at radius 3 is 2.38 bits per heavy atom. The lowest BCUT2D eigenvalue weighted by Crippen LogP contribution is -2.32. The maximum atomic E-state index is 12.2. The molecule has 21 heavy (non-hydrogen) atoms. The third-order valence-corrected chi connectivity index (χ3v) is 5.68. The molecular weight excluding hydrogens is 316 g/mol. The molecule has 0 radical (unpaired) electrons. The Labute approximate surface area is 124 Å². The molecule has 1 heterocycles. The van der Waals surface area contributed by atoms with Crippen molar-refractivity contribution >= 4 is 20.0 Å². The summed E-state index contributed by atoms with van der Waals surface area (Å²) in [5.41, 5.74) is 0. The number of rotatable bonds is 5. The summed E-state index contributed by atoms with van der Waals surface area (Å²) in [5.74, 6) is 0.231. The van der Waals surface area contributed by atoms with Crippen LogP contribution in [0.1, 0.15) is 12.8 Å². The summed E-state index contributed by atoms with van der Waals surface area (Å²) in [6, 6.07) is 5.00. The first kappa shape index (κ1) is 16.4. The number of sulfonamides is 2. The Morgan fingerprint density at radius 1 is 1.14 bits per heavy atom. The van der Waals surface area contributed by atoms with Crippen LogP contribution in [0.25, 0.3) is 0 Å². The smallest absolute Gasteiger partial charge is 0.240 e. The van der Waals surface area contributed by atoms with Crippen LogP contribution in [-0.4, -0.2) is 36.6 Å². The molecule has 0 aliphatic carbocycles. The Morgan fingerprint density at radius 2 is 1.76 bits per heavy atom. The van der Waals surface area contributed by atoms with Crippen molar-refractivity contribution in [2.24, 2.45) is 11.1 Å². The zero-order valence-corrected chi connectivity index (χ0v) is 13.0. The molecule has 1 fully saturated rings. The van der Waals surface area contributed by atoms with E-state index < -0.39 is 20.0 Å². The van der Waals surface area contributed by atoms with E-state index in [0.29, 0.717) is 19.8 Å². The largest absolute Gasteiger partial charge is 0.381 e. The average molecular weight is 334 g/mol. The van der Waals surface area contributed by atoms with Crippen LogP contribution < -0.4 is 9.86 Å². The van der Waals surface area contributed by atoms with Gasteiger partial charge in [0.2, 0.25) is 20.0 Å². The predicted molar refractivity (Wildman–Crippen MR) is 76.5 cm³/mol. The standard InChI is InChI=1S/C12H18N2O5S2/c13-20(15,16)11-2-1-3-12(8-11)21(17,18)14-9-10-4-6-19-7-5-10/h1-3,8,10,14H,4-7,9H2,(H2,13,15,16). The summed E-state index contributed by atoms with van der Waals surface area (Å²) < 4.78 is 54.6. The SMILES string of the molecule is NS(=O)(=O)c1cccc(S(=O)(=O)NCC2CCOCC2)c1. The molecule has 1 aliphatic rings. The van der Waals surface area contributed by atoms with Crippen molar-refractivity contribution in [2.75, 3.05) is 19.8 Å². The number of benzene rings is 1. The molecular formula is C12H18N2O5S2. The van der Waals surface area contributed by atoms with Gasteiger partial charge in [0.1, 0.15) is 0 Å². The minimum atomic E-state index is -3.93. The topological polar surface area (TPSA) is 116 Å². The second kappa shape index (κ2) is 6.41. The predicted octanol–water partition coefficient (Wildman–Crippen LogP) is 0.0389. The number of nitrogens with one attached hydrogen (secondary N) is 1. The van der Waals surface area contributed by atoms with E-state index in [0.717, 1.165) is 18.9 Å². The first-order valence-corrected chi connectivity index (χ1v) is 9.52. The molecule has 1 aromatic carbocycles. The molecule has 1 aliphatic heterocycles. The van der Waals surface area contributed by atoms with Crippen LogP contribution in [0.3, 0.4) is 0 Å². The van der Waals surface area contributed by atoms with Crippen molar-refractivity contribution in [2.45, 2.75) is 22.6 Å². The van der Waals surface area contributed by atoms with Gasteiger partial charge in [-0.25, -0.2) is 26.7 Å². The highest BCUT2D eigenvalue weighted by molar-refractivity contribution is 7.90. The minimum absolute atomic E-state index is 0.110. The van der Waals surface area contributed by atoms with E-state index in [1.807, 2.05) is 0 Å². The monoisotopic (exact) mass is 334 g/mol. The van der Waals surface area contributed by atoms with Gasteiger partial charge in [-0.15, -0.1) is 0 Å². The van der Waals surface area contributed by atoms with Crippen LogP contribution in [0.15, 0.2) is 34.1 Å². The van der Waals surface area contributed by atoms with Gasteiger partial charge in [0.15, 0.2) is 0 Å². The summed E-state index contributed by atoms with van der Waals surface area (Å²) in [5, 5.41) is 5.00. The van der Waals surface area contributed by atoms with E-state index in [9.17, 15) is 16.8 Å². The minimum Gasteiger partial charge on any atom is -0.381 e. The highest BCUT2D eigenvalue weighted by Gasteiger charge is 2.20. The lowest BCUT2D eigenvalue weighted by molar-refractivity contribution is 0.0678. The Hall–Kier alpha value is -1.00. The second-order valence-electron chi connectivity index (χ2n) is 4.93. The van der Waals surface area contributed by atoms with Crippen LogP contribution in [0, 0.1) is 5.92 Å². The lowest BCUT2D eigenvalue weighted by Gasteiger charge is -2.22. The molecule has 3 N–H and O–H groups in total. The van der Waals surface area contributed by atoms with Crippen molar-refractivity contribution in [3.05, 3.63) is 24.3 Å². The Balaban J connectivity index is 2.12. The van der Waals surface area contributed by atoms with E-state index in [2.05, 4.69) is 4.72 Å². The van der Waals surface area contributed by atoms with Gasteiger partial charge < -0.3 is 4.74 Å².